The molecule has 0 bridgehead atoms. The lowest BCUT2D eigenvalue weighted by molar-refractivity contribution is 0.151. The number of hydrogen-bond donors (Lipinski definition) is 0. The Kier molecular flexibility index (Phi) is 2.77. The molecule has 0 nitrogen and oxygen atoms in total. The number of alkyl halides is 2. The highest BCUT2D eigenvalue weighted by atomic mass is 79.9. The van der Waals surface area contributed by atoms with Crippen molar-refractivity contribution in [2.45, 2.75) is 6.43 Å². The predicted molar refractivity (Wildman–Crippen MR) is 59.5 cm³/mol. The third-order valence-electron chi connectivity index (χ3n) is 1.89. The summed E-state index contributed by atoms with van der Waals surface area (Å²) in [5.74, 6) is 0. The molecular formula is C9H4BrClF2S. The van der Waals surface area contributed by atoms with Crippen molar-refractivity contribution in [3.05, 3.63) is 32.6 Å². The summed E-state index contributed by atoms with van der Waals surface area (Å²) in [5.41, 5.74) is -0.124. The Balaban J connectivity index is 2.82. The van der Waals surface area contributed by atoms with E-state index >= 15 is 0 Å². The number of hydrogen-bond acceptors (Lipinski definition) is 1. The first-order chi connectivity index (χ1) is 6.61. The first kappa shape index (κ1) is 10.3. The van der Waals surface area contributed by atoms with Crippen LogP contribution in [0.4, 0.5) is 8.78 Å². The quantitative estimate of drug-likeness (QED) is 0.674. The summed E-state index contributed by atoms with van der Waals surface area (Å²) < 4.78 is 26.3. The molecule has 0 amide bonds. The minimum Gasteiger partial charge on any atom is -0.205 e. The molecule has 2 aromatic rings. The number of halogens is 4. The first-order valence-corrected chi connectivity index (χ1v) is 5.79. The van der Waals surface area contributed by atoms with E-state index in [4.69, 9.17) is 11.6 Å². The van der Waals surface area contributed by atoms with Crippen LogP contribution in [-0.4, -0.2) is 0 Å². The smallest absolute Gasteiger partial charge is 0.205 e. The first-order valence-electron chi connectivity index (χ1n) is 3.74. The van der Waals surface area contributed by atoms with E-state index in [2.05, 4.69) is 15.9 Å². The normalized spacial score (nSPS) is 11.5. The summed E-state index contributed by atoms with van der Waals surface area (Å²) in [5, 5.41) is 2.87. The minimum absolute atomic E-state index is 0.124. The van der Waals surface area contributed by atoms with E-state index in [1.165, 1.54) is 11.3 Å². The average Bonchev–Trinajstić information content (AvgIpc) is 2.50. The van der Waals surface area contributed by atoms with Gasteiger partial charge in [0.2, 0.25) is 0 Å². The van der Waals surface area contributed by atoms with Crippen LogP contribution < -0.4 is 0 Å². The zero-order chi connectivity index (χ0) is 10.3. The Morgan fingerprint density at radius 2 is 2.14 bits per heavy atom. The van der Waals surface area contributed by atoms with Crippen molar-refractivity contribution in [1.29, 1.82) is 0 Å². The van der Waals surface area contributed by atoms with E-state index in [9.17, 15) is 8.78 Å². The van der Waals surface area contributed by atoms with Crippen LogP contribution in [-0.2, 0) is 0 Å². The molecule has 0 spiro atoms. The van der Waals surface area contributed by atoms with Gasteiger partial charge in [0.15, 0.2) is 0 Å². The van der Waals surface area contributed by atoms with E-state index in [1.54, 1.807) is 6.07 Å². The predicted octanol–water partition coefficient (Wildman–Crippen LogP) is 5.25. The summed E-state index contributed by atoms with van der Waals surface area (Å²) in [4.78, 5) is 0. The molecule has 74 valence electrons. The standard InChI is InChI=1S/C9H4BrClF2S/c10-5-3-4-1-2-14-8(4)7(11)6(5)9(12)13/h1-3,9H. The van der Waals surface area contributed by atoms with Crippen LogP contribution in [0.5, 0.6) is 0 Å². The van der Waals surface area contributed by atoms with E-state index in [0.29, 0.717) is 9.17 Å². The van der Waals surface area contributed by atoms with Crippen molar-refractivity contribution in [1.82, 2.24) is 0 Å². The Morgan fingerprint density at radius 1 is 1.43 bits per heavy atom. The molecule has 1 aromatic heterocycles. The van der Waals surface area contributed by atoms with Gasteiger partial charge in [0.05, 0.1) is 15.3 Å². The Hall–Kier alpha value is -0.190. The summed E-state index contributed by atoms with van der Waals surface area (Å²) in [7, 11) is 0. The lowest BCUT2D eigenvalue weighted by Crippen LogP contribution is -1.88. The molecule has 0 unspecified atom stereocenters. The molecule has 0 N–H and O–H groups in total. The van der Waals surface area contributed by atoms with Gasteiger partial charge in [-0.05, 0) is 22.9 Å². The molecule has 1 aromatic carbocycles. The third kappa shape index (κ3) is 1.55. The highest BCUT2D eigenvalue weighted by molar-refractivity contribution is 9.10. The molecule has 0 aliphatic rings. The fourth-order valence-corrected chi connectivity index (χ4v) is 3.24. The fourth-order valence-electron chi connectivity index (χ4n) is 1.25. The lowest BCUT2D eigenvalue weighted by Gasteiger charge is -2.06. The van der Waals surface area contributed by atoms with Gasteiger partial charge in [-0.3, -0.25) is 0 Å². The van der Waals surface area contributed by atoms with Crippen molar-refractivity contribution < 1.29 is 8.78 Å². The Morgan fingerprint density at radius 3 is 2.79 bits per heavy atom. The Bertz CT molecular complexity index is 481. The van der Waals surface area contributed by atoms with E-state index in [1.807, 2.05) is 11.4 Å². The van der Waals surface area contributed by atoms with Gasteiger partial charge in [-0.25, -0.2) is 8.78 Å². The lowest BCUT2D eigenvalue weighted by atomic mass is 10.2. The zero-order valence-corrected chi connectivity index (χ0v) is 9.89. The van der Waals surface area contributed by atoms with Crippen LogP contribution in [0.25, 0.3) is 10.1 Å². The second-order valence-electron chi connectivity index (χ2n) is 2.73. The average molecular weight is 298 g/mol. The van der Waals surface area contributed by atoms with Crippen LogP contribution >= 0.6 is 38.9 Å². The van der Waals surface area contributed by atoms with Crippen molar-refractivity contribution >= 4 is 49.0 Å². The molecule has 0 saturated carbocycles. The van der Waals surface area contributed by atoms with Gasteiger partial charge >= 0.3 is 0 Å². The van der Waals surface area contributed by atoms with Crippen LogP contribution in [0.3, 0.4) is 0 Å². The summed E-state index contributed by atoms with van der Waals surface area (Å²) in [6.45, 7) is 0. The molecule has 5 heteroatoms. The summed E-state index contributed by atoms with van der Waals surface area (Å²) in [6, 6.07) is 3.52. The second-order valence-corrected chi connectivity index (χ2v) is 4.87. The van der Waals surface area contributed by atoms with Crippen molar-refractivity contribution in [3.63, 3.8) is 0 Å². The minimum atomic E-state index is -2.55. The maximum atomic E-state index is 12.6. The fraction of sp³-hybridized carbons (Fsp3) is 0.111. The van der Waals surface area contributed by atoms with Gasteiger partial charge in [-0.2, -0.15) is 0 Å². The maximum Gasteiger partial charge on any atom is 0.266 e. The van der Waals surface area contributed by atoms with Gasteiger partial charge in [0.1, 0.15) is 0 Å². The van der Waals surface area contributed by atoms with Crippen LogP contribution in [0, 0.1) is 0 Å². The second kappa shape index (κ2) is 3.76. The molecule has 14 heavy (non-hydrogen) atoms. The van der Waals surface area contributed by atoms with Crippen LogP contribution in [0.2, 0.25) is 5.02 Å². The van der Waals surface area contributed by atoms with E-state index < -0.39 is 6.43 Å². The highest BCUT2D eigenvalue weighted by Gasteiger charge is 2.19. The van der Waals surface area contributed by atoms with Crippen molar-refractivity contribution in [3.8, 4) is 0 Å². The molecule has 1 heterocycles. The molecule has 0 radical (unpaired) electrons. The van der Waals surface area contributed by atoms with Crippen LogP contribution in [0.15, 0.2) is 22.0 Å². The van der Waals surface area contributed by atoms with E-state index in [-0.39, 0.29) is 10.6 Å². The summed E-state index contributed by atoms with van der Waals surface area (Å²) >= 11 is 10.3. The maximum absolute atomic E-state index is 12.6. The van der Waals surface area contributed by atoms with Crippen molar-refractivity contribution in [2.75, 3.05) is 0 Å². The highest BCUT2D eigenvalue weighted by Crippen LogP contribution is 2.40. The molecular weight excluding hydrogens is 294 g/mol. The largest absolute Gasteiger partial charge is 0.266 e. The molecule has 0 aliphatic carbocycles. The molecule has 0 fully saturated rings. The van der Waals surface area contributed by atoms with E-state index in [0.717, 1.165) is 5.39 Å². The van der Waals surface area contributed by atoms with Gasteiger partial charge in [0.25, 0.3) is 6.43 Å². The molecule has 0 atom stereocenters. The molecule has 0 aliphatic heterocycles. The Labute approximate surface area is 96.6 Å². The van der Waals surface area contributed by atoms with Gasteiger partial charge in [-0.1, -0.05) is 27.5 Å². The van der Waals surface area contributed by atoms with Gasteiger partial charge in [0, 0.05) is 4.47 Å². The number of rotatable bonds is 1. The number of benzene rings is 1. The monoisotopic (exact) mass is 296 g/mol. The molecule has 2 rings (SSSR count). The van der Waals surface area contributed by atoms with Crippen LogP contribution in [0.1, 0.15) is 12.0 Å². The summed E-state index contributed by atoms with van der Waals surface area (Å²) in [6.07, 6.45) is -2.55. The topological polar surface area (TPSA) is 0 Å². The molecule has 0 saturated heterocycles. The zero-order valence-electron chi connectivity index (χ0n) is 6.73. The van der Waals surface area contributed by atoms with Gasteiger partial charge < -0.3 is 0 Å². The van der Waals surface area contributed by atoms with Gasteiger partial charge in [-0.15, -0.1) is 11.3 Å². The van der Waals surface area contributed by atoms with Crippen molar-refractivity contribution in [2.24, 2.45) is 0 Å². The number of fused-ring (bicyclic) bond motifs is 1. The SMILES string of the molecule is FC(F)c1c(Br)cc2ccsc2c1Cl. The number of thiophene rings is 1. The third-order valence-corrected chi connectivity index (χ3v) is 4.00.